The highest BCUT2D eigenvalue weighted by atomic mass is 32.2. The highest BCUT2D eigenvalue weighted by Crippen LogP contribution is 2.29. The van der Waals surface area contributed by atoms with Crippen LogP contribution >= 0.6 is 11.8 Å². The van der Waals surface area contributed by atoms with E-state index in [0.717, 1.165) is 25.2 Å². The molecule has 1 aromatic rings. The third kappa shape index (κ3) is 6.11. The Bertz CT molecular complexity index is 384. The molecule has 7 heteroatoms. The third-order valence-corrected chi connectivity index (χ3v) is 3.65. The summed E-state index contributed by atoms with van der Waals surface area (Å²) in [6.07, 6.45) is -2.45. The van der Waals surface area contributed by atoms with Crippen molar-refractivity contribution in [3.63, 3.8) is 0 Å². The van der Waals surface area contributed by atoms with E-state index in [9.17, 15) is 13.2 Å². The molecule has 0 amide bonds. The summed E-state index contributed by atoms with van der Waals surface area (Å²) < 4.78 is 42.3. The van der Waals surface area contributed by atoms with Crippen LogP contribution in [-0.4, -0.2) is 37.0 Å². The molecule has 0 saturated carbocycles. The number of alkyl halides is 3. The summed E-state index contributed by atoms with van der Waals surface area (Å²) in [6.45, 7) is 3.52. The Morgan fingerprint density at radius 3 is 2.65 bits per heavy atom. The van der Waals surface area contributed by atoms with Crippen molar-refractivity contribution in [2.24, 2.45) is 0 Å². The van der Waals surface area contributed by atoms with Gasteiger partial charge in [0.2, 0.25) is 0 Å². The maximum atomic E-state index is 12.4. The SMILES string of the molecule is CCCNC(COC)CSc1ccc(C(F)(F)F)cn1. The number of nitrogens with one attached hydrogen (secondary N) is 1. The van der Waals surface area contributed by atoms with Crippen LogP contribution in [0.2, 0.25) is 0 Å². The summed E-state index contributed by atoms with van der Waals surface area (Å²) in [7, 11) is 1.63. The van der Waals surface area contributed by atoms with Gasteiger partial charge in [-0.15, -0.1) is 11.8 Å². The average Bonchev–Trinajstić information content (AvgIpc) is 2.41. The first kappa shape index (κ1) is 17.3. The van der Waals surface area contributed by atoms with Gasteiger partial charge in [-0.25, -0.2) is 4.98 Å². The molecule has 0 saturated heterocycles. The fraction of sp³-hybridized carbons (Fsp3) is 0.615. The first-order valence-corrected chi connectivity index (χ1v) is 7.34. The Balaban J connectivity index is 2.51. The minimum absolute atomic E-state index is 0.161. The number of hydrogen-bond acceptors (Lipinski definition) is 4. The molecular formula is C13H19F3N2OS. The second kappa shape index (κ2) is 8.49. The first-order chi connectivity index (χ1) is 9.47. The van der Waals surface area contributed by atoms with Gasteiger partial charge in [-0.1, -0.05) is 6.92 Å². The van der Waals surface area contributed by atoms with Crippen LogP contribution in [-0.2, 0) is 10.9 Å². The van der Waals surface area contributed by atoms with E-state index in [1.807, 2.05) is 0 Å². The van der Waals surface area contributed by atoms with Gasteiger partial charge in [0, 0.05) is 25.1 Å². The quantitative estimate of drug-likeness (QED) is 0.748. The monoisotopic (exact) mass is 308 g/mol. The van der Waals surface area contributed by atoms with Crippen molar-refractivity contribution in [3.05, 3.63) is 23.9 Å². The number of nitrogens with zero attached hydrogens (tertiary/aromatic N) is 1. The lowest BCUT2D eigenvalue weighted by Crippen LogP contribution is -2.35. The minimum atomic E-state index is -4.34. The van der Waals surface area contributed by atoms with E-state index in [1.54, 1.807) is 7.11 Å². The lowest BCUT2D eigenvalue weighted by atomic mass is 10.3. The number of ether oxygens (including phenoxy) is 1. The van der Waals surface area contributed by atoms with Gasteiger partial charge in [-0.3, -0.25) is 0 Å². The highest BCUT2D eigenvalue weighted by molar-refractivity contribution is 7.99. The van der Waals surface area contributed by atoms with Crippen molar-refractivity contribution in [2.75, 3.05) is 26.0 Å². The minimum Gasteiger partial charge on any atom is -0.383 e. The predicted octanol–water partition coefficient (Wildman–Crippen LogP) is 3.21. The van der Waals surface area contributed by atoms with Crippen molar-refractivity contribution >= 4 is 11.8 Å². The van der Waals surface area contributed by atoms with Crippen molar-refractivity contribution < 1.29 is 17.9 Å². The predicted molar refractivity (Wildman–Crippen MR) is 73.9 cm³/mol. The van der Waals surface area contributed by atoms with Crippen LogP contribution in [0.4, 0.5) is 13.2 Å². The van der Waals surface area contributed by atoms with Crippen LogP contribution in [0.5, 0.6) is 0 Å². The fourth-order valence-corrected chi connectivity index (χ4v) is 2.41. The van der Waals surface area contributed by atoms with Gasteiger partial charge >= 0.3 is 6.18 Å². The summed E-state index contributed by atoms with van der Waals surface area (Å²) in [5.74, 6) is 0.701. The molecule has 0 aliphatic carbocycles. The molecule has 1 heterocycles. The Morgan fingerprint density at radius 2 is 2.15 bits per heavy atom. The summed E-state index contributed by atoms with van der Waals surface area (Å²) >= 11 is 1.42. The molecule has 1 unspecified atom stereocenters. The molecule has 1 rings (SSSR count). The standard InChI is InChI=1S/C13H19F3N2OS/c1-3-6-17-11(8-19-2)9-20-12-5-4-10(7-18-12)13(14,15)16/h4-5,7,11,17H,3,6,8-9H2,1-2H3. The molecule has 0 spiro atoms. The van der Waals surface area contributed by atoms with E-state index in [-0.39, 0.29) is 6.04 Å². The van der Waals surface area contributed by atoms with Gasteiger partial charge in [0.05, 0.1) is 17.2 Å². The van der Waals surface area contributed by atoms with Crippen LogP contribution < -0.4 is 5.32 Å². The summed E-state index contributed by atoms with van der Waals surface area (Å²) in [5.41, 5.74) is -0.723. The number of thioether (sulfide) groups is 1. The lowest BCUT2D eigenvalue weighted by molar-refractivity contribution is -0.137. The number of methoxy groups -OCH3 is 1. The van der Waals surface area contributed by atoms with E-state index in [4.69, 9.17) is 4.74 Å². The van der Waals surface area contributed by atoms with E-state index in [1.165, 1.54) is 17.8 Å². The summed E-state index contributed by atoms with van der Waals surface area (Å²) in [5, 5.41) is 3.90. The number of hydrogen-bond donors (Lipinski definition) is 1. The molecule has 1 atom stereocenters. The van der Waals surface area contributed by atoms with Crippen LogP contribution in [0.15, 0.2) is 23.4 Å². The van der Waals surface area contributed by atoms with Gasteiger partial charge < -0.3 is 10.1 Å². The normalized spacial score (nSPS) is 13.4. The maximum absolute atomic E-state index is 12.4. The van der Waals surface area contributed by atoms with Crippen molar-refractivity contribution in [1.29, 1.82) is 0 Å². The molecule has 0 aliphatic rings. The molecule has 0 radical (unpaired) electrons. The number of pyridine rings is 1. The van der Waals surface area contributed by atoms with Crippen molar-refractivity contribution in [2.45, 2.75) is 30.6 Å². The number of aromatic nitrogens is 1. The van der Waals surface area contributed by atoms with Gasteiger partial charge in [-0.05, 0) is 25.1 Å². The van der Waals surface area contributed by atoms with Crippen molar-refractivity contribution in [1.82, 2.24) is 10.3 Å². The third-order valence-electron chi connectivity index (χ3n) is 2.55. The molecule has 114 valence electrons. The molecule has 3 nitrogen and oxygen atoms in total. The van der Waals surface area contributed by atoms with Crippen LogP contribution in [0.3, 0.4) is 0 Å². The summed E-state index contributed by atoms with van der Waals surface area (Å²) in [4.78, 5) is 3.83. The zero-order chi connectivity index (χ0) is 15.0. The van der Waals surface area contributed by atoms with E-state index in [0.29, 0.717) is 17.4 Å². The molecule has 1 N–H and O–H groups in total. The second-order valence-corrected chi connectivity index (χ2v) is 5.34. The van der Waals surface area contributed by atoms with E-state index >= 15 is 0 Å². The summed E-state index contributed by atoms with van der Waals surface area (Å²) in [6, 6.07) is 2.62. The molecule has 20 heavy (non-hydrogen) atoms. The second-order valence-electron chi connectivity index (χ2n) is 4.30. The Labute approximate surface area is 121 Å². The molecular weight excluding hydrogens is 289 g/mol. The van der Waals surface area contributed by atoms with E-state index in [2.05, 4.69) is 17.2 Å². The van der Waals surface area contributed by atoms with Gasteiger partial charge in [0.1, 0.15) is 0 Å². The average molecular weight is 308 g/mol. The smallest absolute Gasteiger partial charge is 0.383 e. The molecule has 0 aliphatic heterocycles. The van der Waals surface area contributed by atoms with E-state index < -0.39 is 11.7 Å². The number of halogens is 3. The van der Waals surface area contributed by atoms with Crippen LogP contribution in [0.25, 0.3) is 0 Å². The zero-order valence-corrected chi connectivity index (χ0v) is 12.4. The zero-order valence-electron chi connectivity index (χ0n) is 11.5. The Hall–Kier alpha value is -0.790. The topological polar surface area (TPSA) is 34.1 Å². The van der Waals surface area contributed by atoms with Gasteiger partial charge in [0.25, 0.3) is 0 Å². The maximum Gasteiger partial charge on any atom is 0.417 e. The molecule has 0 fully saturated rings. The lowest BCUT2D eigenvalue weighted by Gasteiger charge is -2.17. The Morgan fingerprint density at radius 1 is 1.40 bits per heavy atom. The first-order valence-electron chi connectivity index (χ1n) is 6.35. The van der Waals surface area contributed by atoms with Gasteiger partial charge in [-0.2, -0.15) is 13.2 Å². The molecule has 0 bridgehead atoms. The number of rotatable bonds is 8. The fourth-order valence-electron chi connectivity index (χ4n) is 1.53. The molecule has 0 aromatic carbocycles. The van der Waals surface area contributed by atoms with Crippen LogP contribution in [0, 0.1) is 0 Å². The van der Waals surface area contributed by atoms with Crippen molar-refractivity contribution in [3.8, 4) is 0 Å². The highest BCUT2D eigenvalue weighted by Gasteiger charge is 2.30. The van der Waals surface area contributed by atoms with Gasteiger partial charge in [0.15, 0.2) is 0 Å². The largest absolute Gasteiger partial charge is 0.417 e. The van der Waals surface area contributed by atoms with Crippen LogP contribution in [0.1, 0.15) is 18.9 Å². The molecule has 1 aromatic heterocycles. The Kier molecular flexibility index (Phi) is 7.32.